The molecule has 0 bridgehead atoms. The average molecular weight is 354 g/mol. The zero-order valence-electron chi connectivity index (χ0n) is 15.3. The Morgan fingerprint density at radius 2 is 2.08 bits per heavy atom. The Bertz CT molecular complexity index is 824. The molecule has 4 rings (SSSR count). The lowest BCUT2D eigenvalue weighted by atomic mass is 9.98. The SMILES string of the molecule is CCNC(=O)C[C@H]1CCCCN1C(=O)c1nc(C2CC2)n2ccccc12. The Kier molecular flexibility index (Phi) is 4.66. The second-order valence-electron chi connectivity index (χ2n) is 7.35. The molecule has 1 saturated heterocycles. The van der Waals surface area contributed by atoms with Crippen molar-refractivity contribution >= 4 is 17.3 Å². The van der Waals surface area contributed by atoms with E-state index in [1.54, 1.807) is 0 Å². The lowest BCUT2D eigenvalue weighted by Gasteiger charge is -2.35. The maximum atomic E-state index is 13.3. The normalized spacial score (nSPS) is 20.3. The fourth-order valence-corrected chi connectivity index (χ4v) is 3.95. The van der Waals surface area contributed by atoms with Crippen LogP contribution in [0.1, 0.15) is 67.7 Å². The van der Waals surface area contributed by atoms with Gasteiger partial charge in [0.2, 0.25) is 5.91 Å². The molecule has 1 aliphatic carbocycles. The zero-order chi connectivity index (χ0) is 18.1. The number of carbonyl (C=O) groups excluding carboxylic acids is 2. The highest BCUT2D eigenvalue weighted by Crippen LogP contribution is 2.40. The smallest absolute Gasteiger partial charge is 0.274 e. The quantitative estimate of drug-likeness (QED) is 0.898. The number of aromatic nitrogens is 2. The number of nitrogens with one attached hydrogen (secondary N) is 1. The van der Waals surface area contributed by atoms with Gasteiger partial charge in [0.25, 0.3) is 5.91 Å². The van der Waals surface area contributed by atoms with Crippen LogP contribution in [0.3, 0.4) is 0 Å². The molecule has 3 heterocycles. The summed E-state index contributed by atoms with van der Waals surface area (Å²) in [6.45, 7) is 3.24. The highest BCUT2D eigenvalue weighted by molar-refractivity contribution is 5.99. The Labute approximate surface area is 153 Å². The second kappa shape index (κ2) is 7.09. The van der Waals surface area contributed by atoms with Gasteiger partial charge in [0.1, 0.15) is 5.82 Å². The van der Waals surface area contributed by atoms with Gasteiger partial charge in [-0.25, -0.2) is 4.98 Å². The molecule has 1 N–H and O–H groups in total. The number of fused-ring (bicyclic) bond motifs is 1. The molecule has 0 aromatic carbocycles. The van der Waals surface area contributed by atoms with Gasteiger partial charge in [0.15, 0.2) is 5.69 Å². The second-order valence-corrected chi connectivity index (χ2v) is 7.35. The standard InChI is InChI=1S/C20H26N4O2/c1-2-21-17(25)13-15-7-3-5-11-23(15)20(26)18-16-8-4-6-12-24(16)19(22-18)14-9-10-14/h4,6,8,12,14-15H,2-3,5,7,9-11,13H2,1H3,(H,21,25)/t15-/m1/s1. The van der Waals surface area contributed by atoms with Gasteiger partial charge < -0.3 is 14.6 Å². The van der Waals surface area contributed by atoms with Crippen LogP contribution in [0.4, 0.5) is 0 Å². The molecule has 1 atom stereocenters. The van der Waals surface area contributed by atoms with Crippen LogP contribution in [0.25, 0.3) is 5.52 Å². The van der Waals surface area contributed by atoms with Crippen LogP contribution >= 0.6 is 0 Å². The van der Waals surface area contributed by atoms with Crippen LogP contribution < -0.4 is 5.32 Å². The van der Waals surface area contributed by atoms with Gasteiger partial charge in [-0.1, -0.05) is 6.07 Å². The molecule has 2 aromatic rings. The largest absolute Gasteiger partial charge is 0.356 e. The molecule has 26 heavy (non-hydrogen) atoms. The van der Waals surface area contributed by atoms with E-state index in [0.29, 0.717) is 31.1 Å². The Morgan fingerprint density at radius 1 is 1.23 bits per heavy atom. The van der Waals surface area contributed by atoms with E-state index in [9.17, 15) is 9.59 Å². The number of hydrogen-bond donors (Lipinski definition) is 1. The minimum Gasteiger partial charge on any atom is -0.356 e. The molecule has 138 valence electrons. The summed E-state index contributed by atoms with van der Waals surface area (Å²) in [6.07, 6.45) is 7.58. The molecule has 0 spiro atoms. The molecule has 2 aliphatic rings. The number of pyridine rings is 1. The first-order chi connectivity index (χ1) is 12.7. The first-order valence-corrected chi connectivity index (χ1v) is 9.73. The van der Waals surface area contributed by atoms with Gasteiger partial charge in [0, 0.05) is 37.7 Å². The summed E-state index contributed by atoms with van der Waals surface area (Å²) in [6, 6.07) is 5.86. The van der Waals surface area contributed by atoms with E-state index in [-0.39, 0.29) is 17.9 Å². The first kappa shape index (κ1) is 17.1. The number of imidazole rings is 1. The fourth-order valence-electron chi connectivity index (χ4n) is 3.95. The summed E-state index contributed by atoms with van der Waals surface area (Å²) in [5.41, 5.74) is 1.41. The van der Waals surface area contributed by atoms with Gasteiger partial charge in [-0.2, -0.15) is 0 Å². The lowest BCUT2D eigenvalue weighted by Crippen LogP contribution is -2.46. The van der Waals surface area contributed by atoms with E-state index in [1.807, 2.05) is 36.2 Å². The summed E-state index contributed by atoms with van der Waals surface area (Å²) in [4.78, 5) is 32.0. The van der Waals surface area contributed by atoms with E-state index < -0.39 is 0 Å². The number of carbonyl (C=O) groups is 2. The maximum Gasteiger partial charge on any atom is 0.274 e. The molecule has 2 fully saturated rings. The van der Waals surface area contributed by atoms with Gasteiger partial charge in [-0.3, -0.25) is 9.59 Å². The van der Waals surface area contributed by atoms with Gasteiger partial charge in [-0.05, 0) is 51.2 Å². The Morgan fingerprint density at radius 3 is 2.85 bits per heavy atom. The minimum absolute atomic E-state index is 0.0190. The maximum absolute atomic E-state index is 13.3. The number of hydrogen-bond acceptors (Lipinski definition) is 3. The lowest BCUT2D eigenvalue weighted by molar-refractivity contribution is -0.122. The van der Waals surface area contributed by atoms with Gasteiger partial charge in [0.05, 0.1) is 5.52 Å². The van der Waals surface area contributed by atoms with Crippen LogP contribution in [0.15, 0.2) is 24.4 Å². The van der Waals surface area contributed by atoms with Crippen molar-refractivity contribution in [2.75, 3.05) is 13.1 Å². The third kappa shape index (κ3) is 3.20. The van der Waals surface area contributed by atoms with Crippen molar-refractivity contribution in [3.05, 3.63) is 35.9 Å². The highest BCUT2D eigenvalue weighted by Gasteiger charge is 2.34. The van der Waals surface area contributed by atoms with E-state index in [2.05, 4.69) is 9.72 Å². The molecule has 6 nitrogen and oxygen atoms in total. The molecular formula is C20H26N4O2. The summed E-state index contributed by atoms with van der Waals surface area (Å²) >= 11 is 0. The Hall–Kier alpha value is -2.37. The third-order valence-electron chi connectivity index (χ3n) is 5.40. The number of likely N-dealkylation sites (tertiary alicyclic amines) is 1. The van der Waals surface area contributed by atoms with Crippen LogP contribution in [0.5, 0.6) is 0 Å². The van der Waals surface area contributed by atoms with Crippen molar-refractivity contribution in [2.45, 2.75) is 57.4 Å². The van der Waals surface area contributed by atoms with Crippen molar-refractivity contribution in [2.24, 2.45) is 0 Å². The van der Waals surface area contributed by atoms with E-state index >= 15 is 0 Å². The van der Waals surface area contributed by atoms with Crippen molar-refractivity contribution in [3.8, 4) is 0 Å². The summed E-state index contributed by atoms with van der Waals surface area (Å²) in [5.74, 6) is 1.46. The molecule has 1 aliphatic heterocycles. The highest BCUT2D eigenvalue weighted by atomic mass is 16.2. The van der Waals surface area contributed by atoms with Crippen molar-refractivity contribution in [1.29, 1.82) is 0 Å². The van der Waals surface area contributed by atoms with Crippen LogP contribution in [-0.2, 0) is 4.79 Å². The molecule has 2 aromatic heterocycles. The number of nitrogens with zero attached hydrogens (tertiary/aromatic N) is 3. The number of amides is 2. The molecule has 0 unspecified atom stereocenters. The van der Waals surface area contributed by atoms with E-state index in [0.717, 1.165) is 43.4 Å². The summed E-state index contributed by atoms with van der Waals surface area (Å²) in [7, 11) is 0. The Balaban J connectivity index is 1.63. The van der Waals surface area contributed by atoms with Crippen molar-refractivity contribution in [1.82, 2.24) is 19.6 Å². The zero-order valence-corrected chi connectivity index (χ0v) is 15.3. The molecule has 1 saturated carbocycles. The van der Waals surface area contributed by atoms with Gasteiger partial charge >= 0.3 is 0 Å². The number of piperidine rings is 1. The van der Waals surface area contributed by atoms with Crippen LogP contribution in [0.2, 0.25) is 0 Å². The summed E-state index contributed by atoms with van der Waals surface area (Å²) < 4.78 is 2.06. The fraction of sp³-hybridized carbons (Fsp3) is 0.550. The van der Waals surface area contributed by atoms with E-state index in [4.69, 9.17) is 4.98 Å². The predicted molar refractivity (Wildman–Crippen MR) is 99.1 cm³/mol. The van der Waals surface area contributed by atoms with Gasteiger partial charge in [-0.15, -0.1) is 0 Å². The van der Waals surface area contributed by atoms with Crippen LogP contribution in [-0.4, -0.2) is 45.2 Å². The summed E-state index contributed by atoms with van der Waals surface area (Å²) in [5, 5.41) is 2.85. The minimum atomic E-state index is -0.0346. The topological polar surface area (TPSA) is 66.7 Å². The van der Waals surface area contributed by atoms with E-state index in [1.165, 1.54) is 0 Å². The average Bonchev–Trinajstić information content (AvgIpc) is 3.42. The monoisotopic (exact) mass is 354 g/mol. The third-order valence-corrected chi connectivity index (χ3v) is 5.40. The van der Waals surface area contributed by atoms with Crippen molar-refractivity contribution in [3.63, 3.8) is 0 Å². The molecule has 2 amide bonds. The van der Waals surface area contributed by atoms with Crippen molar-refractivity contribution < 1.29 is 9.59 Å². The predicted octanol–water partition coefficient (Wildman–Crippen LogP) is 2.73. The number of rotatable bonds is 5. The molecular weight excluding hydrogens is 328 g/mol. The molecule has 6 heteroatoms. The molecule has 0 radical (unpaired) electrons. The van der Waals surface area contributed by atoms with Crippen LogP contribution in [0, 0.1) is 0 Å². The first-order valence-electron chi connectivity index (χ1n) is 9.73.